The number of ether oxygens (including phenoxy) is 2. The highest BCUT2D eigenvalue weighted by Crippen LogP contribution is 2.50. The first-order valence-electron chi connectivity index (χ1n) is 17.7. The summed E-state index contributed by atoms with van der Waals surface area (Å²) in [6.45, 7) is 6.32. The number of nitrogens with two attached hydrogens (primary N) is 2. The van der Waals surface area contributed by atoms with Crippen LogP contribution in [0.4, 0.5) is 11.4 Å². The first-order chi connectivity index (χ1) is 23.3. The van der Waals surface area contributed by atoms with Gasteiger partial charge in [-0.15, -0.1) is 0 Å². The lowest BCUT2D eigenvalue weighted by atomic mass is 9.62. The summed E-state index contributed by atoms with van der Waals surface area (Å²) in [7, 11) is 0. The molecule has 48 heavy (non-hydrogen) atoms. The molecule has 1 aliphatic rings. The summed E-state index contributed by atoms with van der Waals surface area (Å²) < 4.78 is 12.6. The summed E-state index contributed by atoms with van der Waals surface area (Å²) in [6.07, 6.45) is 10.8. The van der Waals surface area contributed by atoms with Crippen molar-refractivity contribution in [3.05, 3.63) is 143 Å². The normalized spacial score (nSPS) is 14.5. The standard InChI is InChI=1S/C44H50N2O2/c1-4-5-6-7-8-33-9-11-34(12-10-33)35-25-27-44(28-26-35,36-13-19-40(20-14-36)47-42-23-17-38(45)29-31(42)2)37-15-21-41(22-16-37)48-43-24-18-39(46)30-32(43)3/h9-24,29-30,35H,4-8,25-28,45-46H2,1-3H3. The van der Waals surface area contributed by atoms with Crippen molar-refractivity contribution in [3.8, 4) is 23.0 Å². The Morgan fingerprint density at radius 2 is 1.10 bits per heavy atom. The van der Waals surface area contributed by atoms with Crippen LogP contribution in [0.15, 0.2) is 109 Å². The van der Waals surface area contributed by atoms with Crippen LogP contribution in [0, 0.1) is 13.8 Å². The highest BCUT2D eigenvalue weighted by molar-refractivity contribution is 5.51. The van der Waals surface area contributed by atoms with Crippen LogP contribution in [0.3, 0.4) is 0 Å². The average Bonchev–Trinajstić information content (AvgIpc) is 3.10. The Balaban J connectivity index is 1.23. The Morgan fingerprint density at radius 3 is 1.56 bits per heavy atom. The number of unbranched alkanes of at least 4 members (excludes halogenated alkanes) is 3. The van der Waals surface area contributed by atoms with Gasteiger partial charge in [0.1, 0.15) is 23.0 Å². The van der Waals surface area contributed by atoms with Crippen LogP contribution in [0.1, 0.15) is 97.6 Å². The summed E-state index contributed by atoms with van der Waals surface area (Å²) >= 11 is 0. The third kappa shape index (κ3) is 7.71. The minimum atomic E-state index is -0.0962. The molecule has 4 heteroatoms. The van der Waals surface area contributed by atoms with Crippen LogP contribution in [-0.2, 0) is 11.8 Å². The maximum absolute atomic E-state index is 6.28. The number of nitrogen functional groups attached to an aromatic ring is 2. The van der Waals surface area contributed by atoms with E-state index in [4.69, 9.17) is 20.9 Å². The summed E-state index contributed by atoms with van der Waals surface area (Å²) in [5, 5.41) is 0. The van der Waals surface area contributed by atoms with E-state index in [1.807, 2.05) is 50.2 Å². The monoisotopic (exact) mass is 638 g/mol. The van der Waals surface area contributed by atoms with Gasteiger partial charge >= 0.3 is 0 Å². The predicted molar refractivity (Wildman–Crippen MR) is 200 cm³/mol. The molecule has 1 saturated carbocycles. The van der Waals surface area contributed by atoms with E-state index in [1.165, 1.54) is 54.4 Å². The maximum atomic E-state index is 6.28. The van der Waals surface area contributed by atoms with E-state index in [1.54, 1.807) is 0 Å². The second kappa shape index (κ2) is 15.0. The second-order valence-electron chi connectivity index (χ2n) is 13.7. The van der Waals surface area contributed by atoms with Gasteiger partial charge in [0, 0.05) is 16.8 Å². The minimum absolute atomic E-state index is 0.0962. The van der Waals surface area contributed by atoms with Crippen molar-refractivity contribution in [2.24, 2.45) is 0 Å². The van der Waals surface area contributed by atoms with E-state index >= 15 is 0 Å². The smallest absolute Gasteiger partial charge is 0.130 e. The van der Waals surface area contributed by atoms with Crippen molar-refractivity contribution in [1.29, 1.82) is 0 Å². The lowest BCUT2D eigenvalue weighted by molar-refractivity contribution is 0.314. The third-order valence-electron chi connectivity index (χ3n) is 10.3. The summed E-state index contributed by atoms with van der Waals surface area (Å²) in [4.78, 5) is 0. The van der Waals surface area contributed by atoms with E-state index < -0.39 is 0 Å². The first kappa shape index (κ1) is 33.2. The van der Waals surface area contributed by atoms with E-state index in [0.29, 0.717) is 5.92 Å². The van der Waals surface area contributed by atoms with Crippen molar-refractivity contribution in [3.63, 3.8) is 0 Å². The van der Waals surface area contributed by atoms with E-state index in [0.717, 1.165) is 71.2 Å². The molecule has 0 bridgehead atoms. The lowest BCUT2D eigenvalue weighted by Crippen LogP contribution is -2.32. The minimum Gasteiger partial charge on any atom is -0.457 e. The summed E-state index contributed by atoms with van der Waals surface area (Å²) in [5.74, 6) is 3.87. The Bertz CT molecular complexity index is 1690. The fourth-order valence-corrected chi connectivity index (χ4v) is 7.41. The van der Waals surface area contributed by atoms with Crippen molar-refractivity contribution < 1.29 is 9.47 Å². The molecule has 0 radical (unpaired) electrons. The molecular weight excluding hydrogens is 588 g/mol. The zero-order valence-corrected chi connectivity index (χ0v) is 28.8. The predicted octanol–water partition coefficient (Wildman–Crippen LogP) is 11.8. The van der Waals surface area contributed by atoms with Gasteiger partial charge in [0.05, 0.1) is 0 Å². The van der Waals surface area contributed by atoms with E-state index in [9.17, 15) is 0 Å². The Hall–Kier alpha value is -4.70. The van der Waals surface area contributed by atoms with Gasteiger partial charge in [-0.3, -0.25) is 0 Å². The fraction of sp³-hybridized carbons (Fsp3) is 0.318. The van der Waals surface area contributed by atoms with Gasteiger partial charge in [-0.25, -0.2) is 0 Å². The zero-order valence-electron chi connectivity index (χ0n) is 28.8. The van der Waals surface area contributed by atoms with E-state index in [2.05, 4.69) is 79.7 Å². The molecule has 1 fully saturated rings. The van der Waals surface area contributed by atoms with Crippen molar-refractivity contribution in [1.82, 2.24) is 0 Å². The van der Waals surface area contributed by atoms with E-state index in [-0.39, 0.29) is 5.41 Å². The SMILES string of the molecule is CCCCCCc1ccc(C2CCC(c3ccc(Oc4ccc(N)cc4C)cc3)(c3ccc(Oc4ccc(N)cc4C)cc3)CC2)cc1. The average molecular weight is 639 g/mol. The molecule has 0 unspecified atom stereocenters. The van der Waals surface area contributed by atoms with Crippen LogP contribution < -0.4 is 20.9 Å². The van der Waals surface area contributed by atoms with Gasteiger partial charge in [0.15, 0.2) is 0 Å². The van der Waals surface area contributed by atoms with Crippen LogP contribution in [0.5, 0.6) is 23.0 Å². The maximum Gasteiger partial charge on any atom is 0.130 e. The molecule has 0 amide bonds. The van der Waals surface area contributed by atoms with Crippen molar-refractivity contribution in [2.75, 3.05) is 11.5 Å². The number of benzene rings is 5. The Morgan fingerprint density at radius 1 is 0.604 bits per heavy atom. The fourth-order valence-electron chi connectivity index (χ4n) is 7.41. The molecular formula is C44H50N2O2. The highest BCUT2D eigenvalue weighted by Gasteiger charge is 2.39. The van der Waals surface area contributed by atoms with Crippen LogP contribution in [0.2, 0.25) is 0 Å². The number of rotatable bonds is 12. The van der Waals surface area contributed by atoms with Crippen LogP contribution in [0.25, 0.3) is 0 Å². The number of hydrogen-bond donors (Lipinski definition) is 2. The molecule has 6 rings (SSSR count). The molecule has 248 valence electrons. The lowest BCUT2D eigenvalue weighted by Gasteiger charge is -2.41. The quantitative estimate of drug-likeness (QED) is 0.105. The van der Waals surface area contributed by atoms with Gasteiger partial charge in [-0.05, 0) is 152 Å². The molecule has 4 N–H and O–H groups in total. The second-order valence-corrected chi connectivity index (χ2v) is 13.7. The van der Waals surface area contributed by atoms with Gasteiger partial charge in [0.2, 0.25) is 0 Å². The molecule has 4 nitrogen and oxygen atoms in total. The summed E-state index contributed by atoms with van der Waals surface area (Å²) in [5.41, 5.74) is 21.0. The number of anilines is 2. The zero-order chi connectivity index (χ0) is 33.5. The molecule has 0 spiro atoms. The molecule has 0 heterocycles. The molecule has 0 saturated heterocycles. The Labute approximate surface area is 287 Å². The summed E-state index contributed by atoms with van der Waals surface area (Å²) in [6, 6.07) is 38.5. The molecule has 0 aromatic heterocycles. The van der Waals surface area contributed by atoms with Gasteiger partial charge < -0.3 is 20.9 Å². The van der Waals surface area contributed by atoms with Gasteiger partial charge in [-0.2, -0.15) is 0 Å². The molecule has 5 aromatic carbocycles. The topological polar surface area (TPSA) is 70.5 Å². The highest BCUT2D eigenvalue weighted by atomic mass is 16.5. The molecule has 5 aromatic rings. The van der Waals surface area contributed by atoms with Crippen LogP contribution >= 0.6 is 0 Å². The molecule has 0 aliphatic heterocycles. The molecule has 0 atom stereocenters. The van der Waals surface area contributed by atoms with Crippen molar-refractivity contribution >= 4 is 11.4 Å². The largest absolute Gasteiger partial charge is 0.457 e. The van der Waals surface area contributed by atoms with Crippen molar-refractivity contribution in [2.45, 2.75) is 89.9 Å². The number of hydrogen-bond acceptors (Lipinski definition) is 4. The molecule has 1 aliphatic carbocycles. The van der Waals surface area contributed by atoms with Gasteiger partial charge in [0.25, 0.3) is 0 Å². The Kier molecular flexibility index (Phi) is 10.4. The number of aryl methyl sites for hydroxylation is 3. The third-order valence-corrected chi connectivity index (χ3v) is 10.3. The van der Waals surface area contributed by atoms with Crippen LogP contribution in [-0.4, -0.2) is 0 Å². The van der Waals surface area contributed by atoms with Gasteiger partial charge in [-0.1, -0.05) is 74.7 Å². The first-order valence-corrected chi connectivity index (χ1v) is 17.7.